The van der Waals surface area contributed by atoms with Gasteiger partial charge in [0.1, 0.15) is 0 Å². The Bertz CT molecular complexity index is 470. The summed E-state index contributed by atoms with van der Waals surface area (Å²) in [5.41, 5.74) is 7.20. The highest BCUT2D eigenvalue weighted by molar-refractivity contribution is 5.76. The van der Waals surface area contributed by atoms with Gasteiger partial charge in [0.05, 0.1) is 6.61 Å². The number of carbonyl (C=O) groups excluding carboxylic acids is 1. The molecule has 0 aliphatic heterocycles. The van der Waals surface area contributed by atoms with Gasteiger partial charge in [0, 0.05) is 19.6 Å². The molecule has 0 bridgehead atoms. The molecule has 0 unspecified atom stereocenters. The van der Waals surface area contributed by atoms with Gasteiger partial charge in [-0.15, -0.1) is 0 Å². The standard InChI is InChI=1S/C20H32N2O2/c21-17-20(11-5-2-6-12-20)15-19(23)22-13-7-8-14-24-16-18-9-3-1-4-10-18/h1,3-4,9-10H,2,5-8,11-17,21H2,(H,22,23). The van der Waals surface area contributed by atoms with Crippen LogP contribution in [0.1, 0.15) is 56.9 Å². The Hall–Kier alpha value is -1.39. The number of nitrogens with one attached hydrogen (secondary N) is 1. The Balaban J connectivity index is 1.51. The first-order valence-electron chi connectivity index (χ1n) is 9.33. The van der Waals surface area contributed by atoms with E-state index in [-0.39, 0.29) is 11.3 Å². The fraction of sp³-hybridized carbons (Fsp3) is 0.650. The van der Waals surface area contributed by atoms with E-state index in [1.807, 2.05) is 18.2 Å². The van der Waals surface area contributed by atoms with Crippen LogP contribution in [-0.4, -0.2) is 25.6 Å². The summed E-state index contributed by atoms with van der Waals surface area (Å²) in [6.07, 6.45) is 8.42. The molecule has 1 aliphatic carbocycles. The predicted molar refractivity (Wildman–Crippen MR) is 97.5 cm³/mol. The van der Waals surface area contributed by atoms with Crippen molar-refractivity contribution in [2.24, 2.45) is 11.1 Å². The van der Waals surface area contributed by atoms with Gasteiger partial charge in [-0.2, -0.15) is 0 Å². The molecule has 134 valence electrons. The van der Waals surface area contributed by atoms with Gasteiger partial charge in [0.25, 0.3) is 0 Å². The maximum absolute atomic E-state index is 12.2. The Morgan fingerprint density at radius 1 is 1.12 bits per heavy atom. The Morgan fingerprint density at radius 2 is 1.88 bits per heavy atom. The topological polar surface area (TPSA) is 64.4 Å². The van der Waals surface area contributed by atoms with Crippen molar-refractivity contribution in [1.29, 1.82) is 0 Å². The molecular formula is C20H32N2O2. The van der Waals surface area contributed by atoms with E-state index in [0.717, 1.165) is 38.8 Å². The highest BCUT2D eigenvalue weighted by Gasteiger charge is 2.32. The summed E-state index contributed by atoms with van der Waals surface area (Å²) < 4.78 is 5.65. The lowest BCUT2D eigenvalue weighted by molar-refractivity contribution is -0.123. The second kappa shape index (κ2) is 10.5. The summed E-state index contributed by atoms with van der Waals surface area (Å²) in [6, 6.07) is 10.2. The third-order valence-corrected chi connectivity index (χ3v) is 5.03. The number of amides is 1. The number of nitrogens with two attached hydrogens (primary N) is 1. The van der Waals surface area contributed by atoms with Gasteiger partial charge >= 0.3 is 0 Å². The van der Waals surface area contributed by atoms with E-state index in [0.29, 0.717) is 19.6 Å². The predicted octanol–water partition coefficient (Wildman–Crippen LogP) is 3.40. The molecule has 4 heteroatoms. The van der Waals surface area contributed by atoms with Gasteiger partial charge < -0.3 is 15.8 Å². The molecule has 1 aliphatic rings. The van der Waals surface area contributed by atoms with E-state index in [1.54, 1.807) is 0 Å². The molecule has 0 atom stereocenters. The number of hydrogen-bond acceptors (Lipinski definition) is 3. The highest BCUT2D eigenvalue weighted by Crippen LogP contribution is 2.38. The number of hydrogen-bond donors (Lipinski definition) is 2. The number of benzene rings is 1. The first-order valence-corrected chi connectivity index (χ1v) is 9.33. The number of carbonyl (C=O) groups is 1. The smallest absolute Gasteiger partial charge is 0.220 e. The lowest BCUT2D eigenvalue weighted by Gasteiger charge is -2.35. The van der Waals surface area contributed by atoms with Crippen molar-refractivity contribution in [2.75, 3.05) is 19.7 Å². The molecule has 0 aromatic heterocycles. The third-order valence-electron chi connectivity index (χ3n) is 5.03. The van der Waals surface area contributed by atoms with E-state index in [9.17, 15) is 4.79 Å². The molecule has 1 aromatic carbocycles. The van der Waals surface area contributed by atoms with Crippen LogP contribution in [0, 0.1) is 5.41 Å². The second-order valence-electron chi connectivity index (χ2n) is 7.04. The summed E-state index contributed by atoms with van der Waals surface area (Å²) in [5.74, 6) is 0.160. The highest BCUT2D eigenvalue weighted by atomic mass is 16.5. The molecule has 1 amide bonds. The van der Waals surface area contributed by atoms with Crippen LogP contribution in [0.25, 0.3) is 0 Å². The number of unbranched alkanes of at least 4 members (excludes halogenated alkanes) is 1. The maximum Gasteiger partial charge on any atom is 0.220 e. The van der Waals surface area contributed by atoms with Gasteiger partial charge in [-0.25, -0.2) is 0 Å². The van der Waals surface area contributed by atoms with Crippen molar-refractivity contribution in [3.05, 3.63) is 35.9 Å². The van der Waals surface area contributed by atoms with Crippen LogP contribution in [0.15, 0.2) is 30.3 Å². The quantitative estimate of drug-likeness (QED) is 0.645. The number of ether oxygens (including phenoxy) is 1. The largest absolute Gasteiger partial charge is 0.377 e. The minimum Gasteiger partial charge on any atom is -0.377 e. The summed E-state index contributed by atoms with van der Waals surface area (Å²) in [6.45, 7) is 2.76. The summed E-state index contributed by atoms with van der Waals surface area (Å²) >= 11 is 0. The molecule has 24 heavy (non-hydrogen) atoms. The molecule has 1 saturated carbocycles. The van der Waals surface area contributed by atoms with Crippen LogP contribution in [-0.2, 0) is 16.1 Å². The van der Waals surface area contributed by atoms with Crippen LogP contribution in [0.5, 0.6) is 0 Å². The van der Waals surface area contributed by atoms with Crippen molar-refractivity contribution in [2.45, 2.75) is 58.0 Å². The van der Waals surface area contributed by atoms with Crippen LogP contribution < -0.4 is 11.1 Å². The molecule has 2 rings (SSSR count). The minimum absolute atomic E-state index is 0.0567. The molecule has 0 spiro atoms. The zero-order valence-electron chi connectivity index (χ0n) is 14.8. The Labute approximate surface area is 146 Å². The van der Waals surface area contributed by atoms with Crippen LogP contribution >= 0.6 is 0 Å². The van der Waals surface area contributed by atoms with Crippen molar-refractivity contribution in [3.8, 4) is 0 Å². The molecular weight excluding hydrogens is 300 g/mol. The van der Waals surface area contributed by atoms with Gasteiger partial charge in [0.15, 0.2) is 0 Å². The molecule has 1 aromatic rings. The van der Waals surface area contributed by atoms with Crippen molar-refractivity contribution < 1.29 is 9.53 Å². The molecule has 4 nitrogen and oxygen atoms in total. The Morgan fingerprint density at radius 3 is 2.58 bits per heavy atom. The summed E-state index contributed by atoms with van der Waals surface area (Å²) in [5, 5.41) is 3.05. The van der Waals surface area contributed by atoms with Crippen LogP contribution in [0.4, 0.5) is 0 Å². The zero-order valence-corrected chi connectivity index (χ0v) is 14.8. The molecule has 1 fully saturated rings. The van der Waals surface area contributed by atoms with E-state index in [4.69, 9.17) is 10.5 Å². The molecule has 3 N–H and O–H groups in total. The monoisotopic (exact) mass is 332 g/mol. The lowest BCUT2D eigenvalue weighted by Crippen LogP contribution is -2.38. The normalized spacial score (nSPS) is 16.7. The second-order valence-corrected chi connectivity index (χ2v) is 7.04. The van der Waals surface area contributed by atoms with E-state index >= 15 is 0 Å². The fourth-order valence-electron chi connectivity index (χ4n) is 3.48. The van der Waals surface area contributed by atoms with Gasteiger partial charge in [-0.05, 0) is 43.2 Å². The Kier molecular flexibility index (Phi) is 8.26. The minimum atomic E-state index is 0.0567. The van der Waals surface area contributed by atoms with Gasteiger partial charge in [0.2, 0.25) is 5.91 Å². The molecule has 0 heterocycles. The third kappa shape index (κ3) is 6.62. The van der Waals surface area contributed by atoms with Crippen molar-refractivity contribution in [3.63, 3.8) is 0 Å². The zero-order chi connectivity index (χ0) is 17.1. The molecule has 0 radical (unpaired) electrons. The first kappa shape index (κ1) is 18.9. The van der Waals surface area contributed by atoms with E-state index < -0.39 is 0 Å². The number of rotatable bonds is 10. The lowest BCUT2D eigenvalue weighted by atomic mass is 9.71. The molecule has 0 saturated heterocycles. The maximum atomic E-state index is 12.2. The summed E-state index contributed by atoms with van der Waals surface area (Å²) in [4.78, 5) is 12.2. The van der Waals surface area contributed by atoms with Crippen LogP contribution in [0.3, 0.4) is 0 Å². The average Bonchev–Trinajstić information content (AvgIpc) is 2.62. The van der Waals surface area contributed by atoms with E-state index in [1.165, 1.54) is 24.8 Å². The van der Waals surface area contributed by atoms with Crippen molar-refractivity contribution >= 4 is 5.91 Å². The summed E-state index contributed by atoms with van der Waals surface area (Å²) in [7, 11) is 0. The SMILES string of the molecule is NCC1(CC(=O)NCCCCOCc2ccccc2)CCCCC1. The van der Waals surface area contributed by atoms with Crippen molar-refractivity contribution in [1.82, 2.24) is 5.32 Å². The van der Waals surface area contributed by atoms with E-state index in [2.05, 4.69) is 17.4 Å². The fourth-order valence-corrected chi connectivity index (χ4v) is 3.48. The first-order chi connectivity index (χ1) is 11.7. The van der Waals surface area contributed by atoms with Gasteiger partial charge in [-0.1, -0.05) is 49.6 Å². The van der Waals surface area contributed by atoms with Gasteiger partial charge in [-0.3, -0.25) is 4.79 Å². The van der Waals surface area contributed by atoms with Crippen LogP contribution in [0.2, 0.25) is 0 Å². The average molecular weight is 332 g/mol.